The molecule has 2 rings (SSSR count). The summed E-state index contributed by atoms with van der Waals surface area (Å²) in [7, 11) is 0. The first-order chi connectivity index (χ1) is 9.81. The van der Waals surface area contributed by atoms with Gasteiger partial charge in [-0.05, 0) is 34.1 Å². The number of carbonyl (C=O) groups is 1. The summed E-state index contributed by atoms with van der Waals surface area (Å²) in [5.41, 5.74) is -1.58. The van der Waals surface area contributed by atoms with Crippen LogP contribution >= 0.6 is 15.9 Å². The van der Waals surface area contributed by atoms with E-state index in [1.807, 2.05) is 0 Å². The molecule has 0 aromatic heterocycles. The van der Waals surface area contributed by atoms with Gasteiger partial charge < -0.3 is 5.32 Å². The zero-order chi connectivity index (χ0) is 15.7. The molecular weight excluding hydrogens is 361 g/mol. The third kappa shape index (κ3) is 3.05. The Morgan fingerprint density at radius 1 is 0.952 bits per heavy atom. The lowest BCUT2D eigenvalue weighted by molar-refractivity contribution is 0.102. The van der Waals surface area contributed by atoms with E-state index in [2.05, 4.69) is 15.9 Å². The highest BCUT2D eigenvalue weighted by atomic mass is 79.9. The third-order valence-electron chi connectivity index (χ3n) is 2.52. The number of hydrogen-bond donors (Lipinski definition) is 1. The van der Waals surface area contributed by atoms with E-state index in [4.69, 9.17) is 0 Å². The van der Waals surface area contributed by atoms with E-state index in [0.29, 0.717) is 0 Å². The molecule has 0 aliphatic heterocycles. The fourth-order valence-electron chi connectivity index (χ4n) is 1.54. The molecule has 0 aliphatic rings. The van der Waals surface area contributed by atoms with Crippen LogP contribution in [0.2, 0.25) is 0 Å². The van der Waals surface area contributed by atoms with Crippen molar-refractivity contribution >= 4 is 27.5 Å². The number of rotatable bonds is 2. The van der Waals surface area contributed by atoms with Crippen molar-refractivity contribution < 1.29 is 26.7 Å². The predicted octanol–water partition coefficient (Wildman–Crippen LogP) is 4.40. The summed E-state index contributed by atoms with van der Waals surface area (Å²) >= 11 is 2.95. The SMILES string of the molecule is O=C(Nc1c(F)c(F)cc(F)c1F)c1cc(F)ccc1Br. The lowest BCUT2D eigenvalue weighted by Gasteiger charge is -2.10. The largest absolute Gasteiger partial charge is 0.317 e. The van der Waals surface area contributed by atoms with Crippen LogP contribution in [0.25, 0.3) is 0 Å². The smallest absolute Gasteiger partial charge is 0.257 e. The Morgan fingerprint density at radius 2 is 1.52 bits per heavy atom. The van der Waals surface area contributed by atoms with E-state index in [9.17, 15) is 26.7 Å². The molecule has 110 valence electrons. The van der Waals surface area contributed by atoms with Crippen molar-refractivity contribution in [3.8, 4) is 0 Å². The topological polar surface area (TPSA) is 29.1 Å². The molecule has 0 saturated carbocycles. The first kappa shape index (κ1) is 15.4. The Morgan fingerprint density at radius 3 is 2.10 bits per heavy atom. The van der Waals surface area contributed by atoms with Gasteiger partial charge in [-0.3, -0.25) is 4.79 Å². The van der Waals surface area contributed by atoms with Gasteiger partial charge in [0.25, 0.3) is 5.91 Å². The summed E-state index contributed by atoms with van der Waals surface area (Å²) in [5.74, 6) is -8.74. The molecule has 0 heterocycles. The molecule has 0 fully saturated rings. The van der Waals surface area contributed by atoms with Crippen LogP contribution in [0.3, 0.4) is 0 Å². The fourth-order valence-corrected chi connectivity index (χ4v) is 1.96. The van der Waals surface area contributed by atoms with Crippen LogP contribution < -0.4 is 5.32 Å². The number of benzene rings is 2. The minimum Gasteiger partial charge on any atom is -0.317 e. The Hall–Kier alpha value is -1.96. The minimum atomic E-state index is -1.75. The molecule has 2 aromatic carbocycles. The molecule has 8 heteroatoms. The molecule has 0 bridgehead atoms. The van der Waals surface area contributed by atoms with E-state index in [-0.39, 0.29) is 16.1 Å². The van der Waals surface area contributed by atoms with Crippen LogP contribution in [0.4, 0.5) is 27.6 Å². The van der Waals surface area contributed by atoms with Crippen LogP contribution in [0.15, 0.2) is 28.7 Å². The molecule has 1 N–H and O–H groups in total. The second-order valence-electron chi connectivity index (χ2n) is 3.92. The zero-order valence-electron chi connectivity index (χ0n) is 9.99. The number of amides is 1. The maximum atomic E-state index is 13.4. The van der Waals surface area contributed by atoms with Crippen LogP contribution in [-0.2, 0) is 0 Å². The zero-order valence-corrected chi connectivity index (χ0v) is 11.6. The van der Waals surface area contributed by atoms with Crippen molar-refractivity contribution in [3.63, 3.8) is 0 Å². The Kier molecular flexibility index (Phi) is 4.26. The van der Waals surface area contributed by atoms with E-state index < -0.39 is 40.7 Å². The quantitative estimate of drug-likeness (QED) is 0.620. The Bertz CT molecular complexity index is 709. The van der Waals surface area contributed by atoms with Crippen molar-refractivity contribution in [1.82, 2.24) is 0 Å². The van der Waals surface area contributed by atoms with Crippen molar-refractivity contribution in [2.75, 3.05) is 5.32 Å². The van der Waals surface area contributed by atoms with Gasteiger partial charge in [-0.1, -0.05) is 0 Å². The maximum absolute atomic E-state index is 13.4. The van der Waals surface area contributed by atoms with Crippen LogP contribution in [-0.4, -0.2) is 5.91 Å². The van der Waals surface area contributed by atoms with Gasteiger partial charge in [0.15, 0.2) is 23.3 Å². The average molecular weight is 366 g/mol. The summed E-state index contributed by atoms with van der Waals surface area (Å²) in [5, 5.41) is 1.68. The van der Waals surface area contributed by atoms with Crippen LogP contribution in [0, 0.1) is 29.1 Å². The normalized spacial score (nSPS) is 10.6. The van der Waals surface area contributed by atoms with Gasteiger partial charge in [0.05, 0.1) is 5.56 Å². The van der Waals surface area contributed by atoms with Gasteiger partial charge in [-0.2, -0.15) is 0 Å². The van der Waals surface area contributed by atoms with Gasteiger partial charge in [0, 0.05) is 10.5 Å². The number of hydrogen-bond acceptors (Lipinski definition) is 1. The molecule has 0 unspecified atom stereocenters. The number of halogens is 6. The maximum Gasteiger partial charge on any atom is 0.257 e. The minimum absolute atomic E-state index is 0.0123. The summed E-state index contributed by atoms with van der Waals surface area (Å²) in [6, 6.07) is 3.05. The first-order valence-corrected chi connectivity index (χ1v) is 6.20. The van der Waals surface area contributed by atoms with Crippen molar-refractivity contribution in [1.29, 1.82) is 0 Å². The highest BCUT2D eigenvalue weighted by molar-refractivity contribution is 9.10. The van der Waals surface area contributed by atoms with Gasteiger partial charge in [0.2, 0.25) is 0 Å². The standard InChI is InChI=1S/C13H5BrF5NO/c14-7-2-1-5(15)3-6(7)13(21)20-12-10(18)8(16)4-9(17)11(12)19/h1-4H,(H,20,21). The summed E-state index contributed by atoms with van der Waals surface area (Å²) in [4.78, 5) is 11.8. The number of anilines is 1. The molecule has 0 aliphatic carbocycles. The molecule has 0 atom stereocenters. The predicted molar refractivity (Wildman–Crippen MR) is 68.3 cm³/mol. The van der Waals surface area contributed by atoms with Gasteiger partial charge in [-0.25, -0.2) is 22.0 Å². The third-order valence-corrected chi connectivity index (χ3v) is 3.21. The molecule has 0 spiro atoms. The summed E-state index contributed by atoms with van der Waals surface area (Å²) < 4.78 is 66.1. The van der Waals surface area contributed by atoms with E-state index in [1.54, 1.807) is 5.32 Å². The molecule has 0 radical (unpaired) electrons. The number of carbonyl (C=O) groups excluding carboxylic acids is 1. The fraction of sp³-hybridized carbons (Fsp3) is 0. The van der Waals surface area contributed by atoms with Gasteiger partial charge in [0.1, 0.15) is 11.5 Å². The van der Waals surface area contributed by atoms with Crippen LogP contribution in [0.1, 0.15) is 10.4 Å². The van der Waals surface area contributed by atoms with Crippen LogP contribution in [0.5, 0.6) is 0 Å². The second kappa shape index (κ2) is 5.80. The van der Waals surface area contributed by atoms with Gasteiger partial charge >= 0.3 is 0 Å². The summed E-state index contributed by atoms with van der Waals surface area (Å²) in [6.07, 6.45) is 0. The van der Waals surface area contributed by atoms with Gasteiger partial charge in [-0.15, -0.1) is 0 Å². The van der Waals surface area contributed by atoms with E-state index in [1.165, 1.54) is 6.07 Å². The Balaban J connectivity index is 2.43. The average Bonchev–Trinajstić information content (AvgIpc) is 2.43. The van der Waals surface area contributed by atoms with Crippen molar-refractivity contribution in [3.05, 3.63) is 63.4 Å². The molecule has 2 aromatic rings. The molecule has 2 nitrogen and oxygen atoms in total. The highest BCUT2D eigenvalue weighted by Gasteiger charge is 2.22. The second-order valence-corrected chi connectivity index (χ2v) is 4.78. The molecule has 1 amide bonds. The molecule has 0 saturated heterocycles. The molecule has 21 heavy (non-hydrogen) atoms. The van der Waals surface area contributed by atoms with E-state index in [0.717, 1.165) is 12.1 Å². The molecular formula is C13H5BrF5NO. The monoisotopic (exact) mass is 365 g/mol. The Labute approximate surface area is 123 Å². The summed E-state index contributed by atoms with van der Waals surface area (Å²) in [6.45, 7) is 0. The van der Waals surface area contributed by atoms with Crippen molar-refractivity contribution in [2.24, 2.45) is 0 Å². The van der Waals surface area contributed by atoms with E-state index >= 15 is 0 Å². The van der Waals surface area contributed by atoms with Crippen molar-refractivity contribution in [2.45, 2.75) is 0 Å². The lowest BCUT2D eigenvalue weighted by atomic mass is 10.2. The highest BCUT2D eigenvalue weighted by Crippen LogP contribution is 2.26. The first-order valence-electron chi connectivity index (χ1n) is 5.40. The number of nitrogens with one attached hydrogen (secondary N) is 1. The lowest BCUT2D eigenvalue weighted by Crippen LogP contribution is -2.16.